The van der Waals surface area contributed by atoms with Crippen LogP contribution in [0.3, 0.4) is 0 Å². The maximum Gasteiger partial charge on any atom is 0.312 e. The van der Waals surface area contributed by atoms with Crippen LogP contribution in [0.25, 0.3) is 0 Å². The fraction of sp³-hybridized carbons (Fsp3) is 0.333. The van der Waals surface area contributed by atoms with Crippen molar-refractivity contribution in [3.8, 4) is 0 Å². The third kappa shape index (κ3) is 4.94. The number of carbonyl (C=O) groups excluding carboxylic acids is 2. The van der Waals surface area contributed by atoms with Crippen molar-refractivity contribution in [2.75, 3.05) is 6.54 Å². The lowest BCUT2D eigenvalue weighted by Crippen LogP contribution is -2.30. The molecule has 0 atom stereocenters. The molecule has 0 radical (unpaired) electrons. The molecule has 0 aliphatic rings. The zero-order valence-electron chi connectivity index (χ0n) is 3.68. The van der Waals surface area contributed by atoms with Crippen LogP contribution < -0.4 is 11.1 Å². The van der Waals surface area contributed by atoms with Crippen LogP contribution in [0.1, 0.15) is 0 Å². The fourth-order valence-electron chi connectivity index (χ4n) is 0.142. The van der Waals surface area contributed by atoms with Gasteiger partial charge in [0.05, 0.1) is 6.54 Å². The van der Waals surface area contributed by atoms with E-state index in [0.717, 1.165) is 0 Å². The Morgan fingerprint density at radius 3 is 2.57 bits per heavy atom. The molecule has 0 aromatic rings. The Kier molecular flexibility index (Phi) is 2.67. The number of hydrogen-bond donors (Lipinski definition) is 2. The van der Waals surface area contributed by atoms with Gasteiger partial charge < -0.3 is 15.8 Å². The van der Waals surface area contributed by atoms with E-state index in [1.165, 1.54) is 0 Å². The summed E-state index contributed by atoms with van der Waals surface area (Å²) in [5.74, 6) is 0. The molecule has 0 spiro atoms. The predicted octanol–water partition coefficient (Wildman–Crippen LogP) is -1.15. The summed E-state index contributed by atoms with van der Waals surface area (Å²) in [7, 11) is 0. The van der Waals surface area contributed by atoms with Gasteiger partial charge in [-0.15, -0.1) is 0 Å². The smallest absolute Gasteiger partial charge is 0.312 e. The number of rotatable bonds is 2. The van der Waals surface area contributed by atoms with Crippen LogP contribution >= 0.6 is 0 Å². The predicted molar refractivity (Wildman–Crippen MR) is 23.7 cm³/mol. The maximum absolute atomic E-state index is 9.71. The van der Waals surface area contributed by atoms with E-state index >= 15 is 0 Å². The molecular weight excluding hydrogens is 96.0 g/mol. The van der Waals surface area contributed by atoms with Crippen molar-refractivity contribution in [1.82, 2.24) is 5.32 Å². The molecule has 40 valence electrons. The lowest BCUT2D eigenvalue weighted by Gasteiger charge is -1.88. The van der Waals surface area contributed by atoms with Crippen molar-refractivity contribution in [1.29, 1.82) is 0 Å². The quantitative estimate of drug-likeness (QED) is 0.432. The third-order valence-electron chi connectivity index (χ3n) is 0.360. The van der Waals surface area contributed by atoms with Gasteiger partial charge in [-0.2, -0.15) is 0 Å². The fourth-order valence-corrected chi connectivity index (χ4v) is 0.142. The van der Waals surface area contributed by atoms with E-state index < -0.39 is 6.03 Å². The van der Waals surface area contributed by atoms with Crippen LogP contribution in [0.2, 0.25) is 0 Å². The number of primary amides is 1. The summed E-state index contributed by atoms with van der Waals surface area (Å²) >= 11 is 0. The van der Waals surface area contributed by atoms with Gasteiger partial charge >= 0.3 is 6.03 Å². The monoisotopic (exact) mass is 102 g/mol. The van der Waals surface area contributed by atoms with E-state index in [1.807, 2.05) is 0 Å². The minimum Gasteiger partial charge on any atom is -0.352 e. The van der Waals surface area contributed by atoms with Gasteiger partial charge in [0.15, 0.2) is 0 Å². The average molecular weight is 102 g/mol. The molecule has 0 saturated carbocycles. The summed E-state index contributed by atoms with van der Waals surface area (Å²) < 4.78 is 0. The molecule has 0 aliphatic heterocycles. The SMILES string of the molecule is NC(=O)NCC=O. The minimum absolute atomic E-state index is 0.00463. The lowest BCUT2D eigenvalue weighted by atomic mass is 10.7. The minimum atomic E-state index is -0.674. The summed E-state index contributed by atoms with van der Waals surface area (Å²) in [6.45, 7) is -0.00463. The largest absolute Gasteiger partial charge is 0.352 e. The molecule has 0 bridgehead atoms. The molecule has 0 aromatic carbocycles. The van der Waals surface area contributed by atoms with Crippen molar-refractivity contribution in [2.24, 2.45) is 5.73 Å². The molecule has 0 unspecified atom stereocenters. The Balaban J connectivity index is 2.97. The van der Waals surface area contributed by atoms with Crippen LogP contribution in [0.5, 0.6) is 0 Å². The van der Waals surface area contributed by atoms with E-state index in [-0.39, 0.29) is 6.54 Å². The Labute approximate surface area is 40.7 Å². The van der Waals surface area contributed by atoms with Crippen LogP contribution in [-0.4, -0.2) is 18.9 Å². The molecule has 0 aromatic heterocycles. The van der Waals surface area contributed by atoms with E-state index in [1.54, 1.807) is 0 Å². The molecule has 0 heterocycles. The zero-order valence-corrected chi connectivity index (χ0v) is 3.68. The highest BCUT2D eigenvalue weighted by Gasteiger charge is 1.83. The van der Waals surface area contributed by atoms with Crippen molar-refractivity contribution < 1.29 is 9.59 Å². The van der Waals surface area contributed by atoms with Gasteiger partial charge in [0.1, 0.15) is 6.29 Å². The second-order valence-corrected chi connectivity index (χ2v) is 0.912. The second-order valence-electron chi connectivity index (χ2n) is 0.912. The highest BCUT2D eigenvalue weighted by Crippen LogP contribution is 1.48. The summed E-state index contributed by atoms with van der Waals surface area (Å²) in [5, 5.41) is 2.07. The molecule has 3 N–H and O–H groups in total. The van der Waals surface area contributed by atoms with Gasteiger partial charge in [-0.05, 0) is 0 Å². The molecule has 7 heavy (non-hydrogen) atoms. The third-order valence-corrected chi connectivity index (χ3v) is 0.360. The van der Waals surface area contributed by atoms with E-state index in [4.69, 9.17) is 0 Å². The lowest BCUT2D eigenvalue weighted by molar-refractivity contribution is -0.107. The highest BCUT2D eigenvalue weighted by molar-refractivity contribution is 5.74. The Bertz CT molecular complexity index is 81.0. The summed E-state index contributed by atoms with van der Waals surface area (Å²) in [5.41, 5.74) is 4.57. The van der Waals surface area contributed by atoms with E-state index in [9.17, 15) is 9.59 Å². The van der Waals surface area contributed by atoms with Crippen LogP contribution in [-0.2, 0) is 4.79 Å². The van der Waals surface area contributed by atoms with Crippen molar-refractivity contribution in [3.63, 3.8) is 0 Å². The van der Waals surface area contributed by atoms with Crippen LogP contribution in [0.4, 0.5) is 4.79 Å². The number of amides is 2. The van der Waals surface area contributed by atoms with Gasteiger partial charge in [0.2, 0.25) is 0 Å². The first kappa shape index (κ1) is 5.94. The molecule has 4 nitrogen and oxygen atoms in total. The highest BCUT2D eigenvalue weighted by atomic mass is 16.2. The van der Waals surface area contributed by atoms with Gasteiger partial charge in [0.25, 0.3) is 0 Å². The normalized spacial score (nSPS) is 7.43. The Hall–Kier alpha value is -1.06. The van der Waals surface area contributed by atoms with Crippen LogP contribution in [0.15, 0.2) is 0 Å². The van der Waals surface area contributed by atoms with Crippen molar-refractivity contribution in [3.05, 3.63) is 0 Å². The van der Waals surface area contributed by atoms with Gasteiger partial charge in [-0.1, -0.05) is 0 Å². The molecule has 4 heteroatoms. The molecule has 2 amide bonds. The van der Waals surface area contributed by atoms with Gasteiger partial charge in [0, 0.05) is 0 Å². The number of aldehydes is 1. The number of carbonyl (C=O) groups is 2. The topological polar surface area (TPSA) is 72.2 Å². The summed E-state index contributed by atoms with van der Waals surface area (Å²) in [6, 6.07) is -0.674. The number of hydrogen-bond acceptors (Lipinski definition) is 2. The number of nitrogens with one attached hydrogen (secondary N) is 1. The Morgan fingerprint density at radius 2 is 2.43 bits per heavy atom. The summed E-state index contributed by atoms with van der Waals surface area (Å²) in [6.07, 6.45) is 0.560. The molecule has 0 fully saturated rings. The zero-order chi connectivity index (χ0) is 5.70. The van der Waals surface area contributed by atoms with Crippen molar-refractivity contribution in [2.45, 2.75) is 0 Å². The maximum atomic E-state index is 9.71. The number of urea groups is 1. The summed E-state index contributed by atoms with van der Waals surface area (Å²) in [4.78, 5) is 19.1. The first-order valence-electron chi connectivity index (χ1n) is 1.74. The first-order chi connectivity index (χ1) is 3.27. The van der Waals surface area contributed by atoms with E-state index in [0.29, 0.717) is 6.29 Å². The molecule has 0 saturated heterocycles. The van der Waals surface area contributed by atoms with Crippen LogP contribution in [0, 0.1) is 0 Å². The van der Waals surface area contributed by atoms with Gasteiger partial charge in [-0.25, -0.2) is 4.79 Å². The molecule has 0 rings (SSSR count). The van der Waals surface area contributed by atoms with E-state index in [2.05, 4.69) is 11.1 Å². The number of nitrogens with two attached hydrogens (primary N) is 1. The molecular formula is C3H6N2O2. The van der Waals surface area contributed by atoms with Gasteiger partial charge in [-0.3, -0.25) is 0 Å². The second kappa shape index (κ2) is 3.14. The molecule has 0 aliphatic carbocycles. The Morgan fingerprint density at radius 1 is 1.86 bits per heavy atom. The first-order valence-corrected chi connectivity index (χ1v) is 1.74. The average Bonchev–Trinajstić information content (AvgIpc) is 1.61. The van der Waals surface area contributed by atoms with Crippen molar-refractivity contribution >= 4 is 12.3 Å². The standard InChI is InChI=1S/C3H6N2O2/c4-3(7)5-1-2-6/h2H,1H2,(H3,4,5,7).